The lowest BCUT2D eigenvalue weighted by molar-refractivity contribution is -0.139. The van der Waals surface area contributed by atoms with Gasteiger partial charge in [-0.1, -0.05) is 77.8 Å². The average molecular weight is 693 g/mol. The van der Waals surface area contributed by atoms with Crippen LogP contribution in [0.4, 0.5) is 5.69 Å². The lowest BCUT2D eigenvalue weighted by Crippen LogP contribution is -2.51. The molecule has 0 radical (unpaired) electrons. The van der Waals surface area contributed by atoms with Crippen molar-refractivity contribution in [3.05, 3.63) is 119 Å². The van der Waals surface area contributed by atoms with Crippen LogP contribution >= 0.6 is 15.9 Å². The molecule has 0 heterocycles. The van der Waals surface area contributed by atoms with Crippen LogP contribution < -0.4 is 14.4 Å². The Morgan fingerprint density at radius 2 is 1.49 bits per heavy atom. The van der Waals surface area contributed by atoms with Gasteiger partial charge in [0.2, 0.25) is 11.8 Å². The van der Waals surface area contributed by atoms with Crippen LogP contribution in [0.25, 0.3) is 0 Å². The Balaban J connectivity index is 1.69. The van der Waals surface area contributed by atoms with E-state index in [9.17, 15) is 18.0 Å². The van der Waals surface area contributed by atoms with Gasteiger partial charge in [-0.05, 0) is 86.0 Å². The molecule has 1 atom stereocenters. The summed E-state index contributed by atoms with van der Waals surface area (Å²) in [5, 5.41) is 2.90. The first-order valence-corrected chi connectivity index (χ1v) is 16.9. The molecule has 0 fully saturated rings. The van der Waals surface area contributed by atoms with Crippen LogP contribution in [0.1, 0.15) is 31.9 Å². The van der Waals surface area contributed by atoms with Crippen molar-refractivity contribution >= 4 is 43.5 Å². The van der Waals surface area contributed by atoms with E-state index in [0.29, 0.717) is 18.0 Å². The number of anilines is 1. The fraction of sp³-hybridized carbons (Fsp3) is 0.257. The molecule has 0 spiro atoms. The van der Waals surface area contributed by atoms with Crippen LogP contribution in [0.3, 0.4) is 0 Å². The minimum atomic E-state index is -4.18. The summed E-state index contributed by atoms with van der Waals surface area (Å²) in [7, 11) is -4.18. The fourth-order valence-corrected chi connectivity index (χ4v) is 6.40. The predicted octanol–water partition coefficient (Wildman–Crippen LogP) is 6.93. The number of benzene rings is 4. The van der Waals surface area contributed by atoms with Crippen molar-refractivity contribution < 1.29 is 22.7 Å². The number of aryl methyl sites for hydroxylation is 1. The highest BCUT2D eigenvalue weighted by molar-refractivity contribution is 9.10. The van der Waals surface area contributed by atoms with Gasteiger partial charge < -0.3 is 15.0 Å². The summed E-state index contributed by atoms with van der Waals surface area (Å²) in [4.78, 5) is 28.8. The van der Waals surface area contributed by atoms with Gasteiger partial charge in [0.1, 0.15) is 24.1 Å². The first-order valence-electron chi connectivity index (χ1n) is 14.7. The standard InChI is InChI=1S/C35H38BrN3O5S/c1-25(2)22-37-35(41)27(4)38(23-28-9-8-10-29(36)21-28)34(40)24-39(45(42,43)33-19-13-26(3)14-20-33)30-15-17-32(18-16-30)44-31-11-6-5-7-12-31/h5-21,25,27H,22-24H2,1-4H3,(H,37,41)/t27-/m0/s1. The second kappa shape index (κ2) is 15.2. The first kappa shape index (κ1) is 33.7. The zero-order valence-corrected chi connectivity index (χ0v) is 28.2. The third-order valence-electron chi connectivity index (χ3n) is 7.09. The van der Waals surface area contributed by atoms with E-state index in [4.69, 9.17) is 4.74 Å². The number of hydrogen-bond acceptors (Lipinski definition) is 5. The predicted molar refractivity (Wildman–Crippen MR) is 181 cm³/mol. The van der Waals surface area contributed by atoms with Gasteiger partial charge in [0.05, 0.1) is 10.6 Å². The van der Waals surface area contributed by atoms with E-state index < -0.39 is 28.5 Å². The van der Waals surface area contributed by atoms with Crippen molar-refractivity contribution in [2.75, 3.05) is 17.4 Å². The second-order valence-corrected chi connectivity index (χ2v) is 14.0. The van der Waals surface area contributed by atoms with Crippen molar-refractivity contribution in [2.24, 2.45) is 5.92 Å². The molecule has 0 saturated heterocycles. The van der Waals surface area contributed by atoms with Gasteiger partial charge >= 0.3 is 0 Å². The summed E-state index contributed by atoms with van der Waals surface area (Å²) in [5.41, 5.74) is 1.97. The van der Waals surface area contributed by atoms with E-state index in [-0.39, 0.29) is 29.0 Å². The van der Waals surface area contributed by atoms with Crippen molar-refractivity contribution in [3.8, 4) is 11.5 Å². The van der Waals surface area contributed by atoms with Crippen molar-refractivity contribution in [3.63, 3.8) is 0 Å². The minimum absolute atomic E-state index is 0.0479. The zero-order valence-electron chi connectivity index (χ0n) is 25.8. The molecule has 4 aromatic rings. The van der Waals surface area contributed by atoms with Crippen LogP contribution in [0.5, 0.6) is 11.5 Å². The Morgan fingerprint density at radius 1 is 0.844 bits per heavy atom. The number of halogens is 1. The summed E-state index contributed by atoms with van der Waals surface area (Å²) in [6, 6.07) is 28.8. The third kappa shape index (κ3) is 9.18. The molecule has 0 unspecified atom stereocenters. The first-order chi connectivity index (χ1) is 21.4. The molecule has 0 saturated carbocycles. The van der Waals surface area contributed by atoms with E-state index in [1.165, 1.54) is 17.0 Å². The normalized spacial score (nSPS) is 12.0. The van der Waals surface area contributed by atoms with E-state index in [2.05, 4.69) is 21.2 Å². The second-order valence-electron chi connectivity index (χ2n) is 11.2. The smallest absolute Gasteiger partial charge is 0.264 e. The molecule has 4 aromatic carbocycles. The highest BCUT2D eigenvalue weighted by Gasteiger charge is 2.32. The summed E-state index contributed by atoms with van der Waals surface area (Å²) >= 11 is 3.47. The quantitative estimate of drug-likeness (QED) is 0.164. The molecular formula is C35H38BrN3O5S. The van der Waals surface area contributed by atoms with E-state index in [1.54, 1.807) is 43.3 Å². The number of ether oxygens (including phenoxy) is 1. The van der Waals surface area contributed by atoms with Gasteiger partial charge in [0.15, 0.2) is 0 Å². The highest BCUT2D eigenvalue weighted by Crippen LogP contribution is 2.29. The van der Waals surface area contributed by atoms with E-state index >= 15 is 0 Å². The van der Waals surface area contributed by atoms with Crippen LogP contribution in [0.15, 0.2) is 112 Å². The average Bonchev–Trinajstić information content (AvgIpc) is 3.02. The van der Waals surface area contributed by atoms with E-state index in [0.717, 1.165) is 19.9 Å². The monoisotopic (exact) mass is 691 g/mol. The summed E-state index contributed by atoms with van der Waals surface area (Å²) < 4.78 is 36.0. The van der Waals surface area contributed by atoms with E-state index in [1.807, 2.05) is 75.4 Å². The molecular weight excluding hydrogens is 654 g/mol. The van der Waals surface area contributed by atoms with Gasteiger partial charge in [0.25, 0.3) is 10.0 Å². The van der Waals surface area contributed by atoms with Crippen molar-refractivity contribution in [1.29, 1.82) is 0 Å². The molecule has 2 amide bonds. The largest absolute Gasteiger partial charge is 0.457 e. The Morgan fingerprint density at radius 3 is 2.11 bits per heavy atom. The zero-order chi connectivity index (χ0) is 32.6. The van der Waals surface area contributed by atoms with Crippen LogP contribution in [0, 0.1) is 12.8 Å². The van der Waals surface area contributed by atoms with Gasteiger partial charge in [-0.3, -0.25) is 13.9 Å². The molecule has 0 bridgehead atoms. The maximum atomic E-state index is 14.1. The molecule has 0 aliphatic carbocycles. The molecule has 236 valence electrons. The summed E-state index contributed by atoms with van der Waals surface area (Å²) in [6.45, 7) is 7.53. The maximum Gasteiger partial charge on any atom is 0.264 e. The molecule has 1 N–H and O–H groups in total. The number of nitrogens with one attached hydrogen (secondary N) is 1. The lowest BCUT2D eigenvalue weighted by atomic mass is 10.1. The number of amides is 2. The Kier molecular flexibility index (Phi) is 11.4. The Bertz CT molecular complexity index is 1700. The van der Waals surface area contributed by atoms with Crippen molar-refractivity contribution in [2.45, 2.75) is 45.2 Å². The van der Waals surface area contributed by atoms with Crippen molar-refractivity contribution in [1.82, 2.24) is 10.2 Å². The summed E-state index contributed by atoms with van der Waals surface area (Å²) in [6.07, 6.45) is 0. The van der Waals surface area contributed by atoms with Gasteiger partial charge in [-0.2, -0.15) is 0 Å². The molecule has 10 heteroatoms. The molecule has 8 nitrogen and oxygen atoms in total. The summed E-state index contributed by atoms with van der Waals surface area (Å²) in [5.74, 6) is 0.525. The van der Waals surface area contributed by atoms with Gasteiger partial charge in [0, 0.05) is 17.6 Å². The molecule has 4 rings (SSSR count). The highest BCUT2D eigenvalue weighted by atomic mass is 79.9. The van der Waals surface area contributed by atoms with Gasteiger partial charge in [-0.25, -0.2) is 8.42 Å². The number of carbonyl (C=O) groups excluding carboxylic acids is 2. The third-order valence-corrected chi connectivity index (χ3v) is 9.37. The SMILES string of the molecule is Cc1ccc(S(=O)(=O)N(CC(=O)N(Cc2cccc(Br)c2)[C@@H](C)C(=O)NCC(C)C)c2ccc(Oc3ccccc3)cc2)cc1. The number of carbonyl (C=O) groups is 2. The topological polar surface area (TPSA) is 96.0 Å². The molecule has 45 heavy (non-hydrogen) atoms. The van der Waals surface area contributed by atoms with Crippen LogP contribution in [0.2, 0.25) is 0 Å². The molecule has 0 aromatic heterocycles. The molecule has 0 aliphatic heterocycles. The molecule has 0 aliphatic rings. The Hall–Kier alpha value is -4.15. The van der Waals surface area contributed by atoms with Crippen LogP contribution in [-0.4, -0.2) is 44.3 Å². The maximum absolute atomic E-state index is 14.1. The number of rotatable bonds is 13. The van der Waals surface area contributed by atoms with Gasteiger partial charge in [-0.15, -0.1) is 0 Å². The Labute approximate surface area is 274 Å². The lowest BCUT2D eigenvalue weighted by Gasteiger charge is -2.32. The van der Waals surface area contributed by atoms with Crippen LogP contribution in [-0.2, 0) is 26.2 Å². The minimum Gasteiger partial charge on any atom is -0.457 e. The fourth-order valence-electron chi connectivity index (χ4n) is 4.54. The number of nitrogens with zero attached hydrogens (tertiary/aromatic N) is 2. The number of sulfonamides is 1. The number of hydrogen-bond donors (Lipinski definition) is 1. The number of para-hydroxylation sites is 1.